The fourth-order valence-electron chi connectivity index (χ4n) is 1.11. The Bertz CT molecular complexity index is 473. The van der Waals surface area contributed by atoms with E-state index < -0.39 is 0 Å². The van der Waals surface area contributed by atoms with Gasteiger partial charge in [0.05, 0.1) is 0 Å². The van der Waals surface area contributed by atoms with Crippen LogP contribution in [0, 0.1) is 0 Å². The molecule has 5 nitrogen and oxygen atoms in total. The lowest BCUT2D eigenvalue weighted by atomic mass is 10.3. The van der Waals surface area contributed by atoms with Crippen molar-refractivity contribution in [1.29, 1.82) is 0 Å². The molecule has 1 aromatic carbocycles. The summed E-state index contributed by atoms with van der Waals surface area (Å²) in [5.41, 5.74) is 0. The monoisotopic (exact) mass is 240 g/mol. The van der Waals surface area contributed by atoms with Gasteiger partial charge in [0.15, 0.2) is 12.4 Å². The van der Waals surface area contributed by atoms with Crippen LogP contribution >= 0.6 is 11.6 Å². The van der Waals surface area contributed by atoms with Gasteiger partial charge in [-0.1, -0.05) is 22.8 Å². The maximum Gasteiger partial charge on any atom is 0.264 e. The number of aliphatic hydroxyl groups is 1. The molecule has 0 unspecified atom stereocenters. The molecule has 0 spiro atoms. The molecule has 16 heavy (non-hydrogen) atoms. The summed E-state index contributed by atoms with van der Waals surface area (Å²) in [5, 5.41) is 12.8. The van der Waals surface area contributed by atoms with Gasteiger partial charge in [-0.15, -0.1) is 0 Å². The highest BCUT2D eigenvalue weighted by atomic mass is 35.5. The minimum Gasteiger partial charge on any atom is -0.484 e. The van der Waals surface area contributed by atoms with Crippen LogP contribution in [-0.4, -0.2) is 15.2 Å². The smallest absolute Gasteiger partial charge is 0.264 e. The first kappa shape index (κ1) is 10.9. The van der Waals surface area contributed by atoms with Gasteiger partial charge >= 0.3 is 0 Å². The summed E-state index contributed by atoms with van der Waals surface area (Å²) in [7, 11) is 0. The van der Waals surface area contributed by atoms with E-state index in [2.05, 4.69) is 10.1 Å². The molecule has 0 fully saturated rings. The molecule has 2 rings (SSSR count). The van der Waals surface area contributed by atoms with E-state index in [1.54, 1.807) is 24.3 Å². The van der Waals surface area contributed by atoms with Crippen LogP contribution in [0.5, 0.6) is 5.75 Å². The molecule has 1 heterocycles. The maximum absolute atomic E-state index is 8.73. The average Bonchev–Trinajstić information content (AvgIpc) is 2.74. The minimum atomic E-state index is -0.249. The van der Waals surface area contributed by atoms with Crippen molar-refractivity contribution in [1.82, 2.24) is 10.1 Å². The first-order valence-corrected chi connectivity index (χ1v) is 4.96. The molecule has 0 bridgehead atoms. The third-order valence-electron chi connectivity index (χ3n) is 1.81. The Kier molecular flexibility index (Phi) is 3.38. The van der Waals surface area contributed by atoms with Crippen molar-refractivity contribution in [2.24, 2.45) is 0 Å². The molecule has 0 aliphatic heterocycles. The van der Waals surface area contributed by atoms with E-state index in [-0.39, 0.29) is 19.0 Å². The number of ether oxygens (including phenoxy) is 1. The number of aliphatic hydroxyl groups excluding tert-OH is 1. The Morgan fingerprint density at radius 1 is 1.44 bits per heavy atom. The summed E-state index contributed by atoms with van der Waals surface area (Å²) in [5.74, 6) is 1.17. The van der Waals surface area contributed by atoms with Crippen LogP contribution in [0.15, 0.2) is 28.8 Å². The van der Waals surface area contributed by atoms with E-state index in [4.69, 9.17) is 26.0 Å². The Balaban J connectivity index is 1.96. The largest absolute Gasteiger partial charge is 0.484 e. The second kappa shape index (κ2) is 4.96. The number of hydrogen-bond donors (Lipinski definition) is 1. The van der Waals surface area contributed by atoms with Crippen molar-refractivity contribution in [2.45, 2.75) is 13.2 Å². The first-order chi connectivity index (χ1) is 7.78. The van der Waals surface area contributed by atoms with Gasteiger partial charge in [-0.25, -0.2) is 0 Å². The molecule has 0 atom stereocenters. The Hall–Kier alpha value is -1.59. The SMILES string of the molecule is OCc1noc(COc2cccc(Cl)c2)n1. The van der Waals surface area contributed by atoms with E-state index in [0.717, 1.165) is 0 Å². The third-order valence-corrected chi connectivity index (χ3v) is 2.05. The second-order valence-electron chi connectivity index (χ2n) is 3.01. The zero-order chi connectivity index (χ0) is 11.4. The lowest BCUT2D eigenvalue weighted by molar-refractivity contribution is 0.238. The van der Waals surface area contributed by atoms with Gasteiger partial charge < -0.3 is 14.4 Å². The fraction of sp³-hybridized carbons (Fsp3) is 0.200. The van der Waals surface area contributed by atoms with Crippen LogP contribution in [0.3, 0.4) is 0 Å². The summed E-state index contributed by atoms with van der Waals surface area (Å²) in [6.07, 6.45) is 0. The van der Waals surface area contributed by atoms with Crippen molar-refractivity contribution in [3.8, 4) is 5.75 Å². The molecule has 2 aromatic rings. The predicted octanol–water partition coefficient (Wildman–Crippen LogP) is 1.79. The molecular formula is C10H9ClN2O3. The van der Waals surface area contributed by atoms with Crippen LogP contribution in [0.1, 0.15) is 11.7 Å². The lowest BCUT2D eigenvalue weighted by Crippen LogP contribution is -1.96. The van der Waals surface area contributed by atoms with E-state index in [0.29, 0.717) is 16.7 Å². The second-order valence-corrected chi connectivity index (χ2v) is 3.44. The summed E-state index contributed by atoms with van der Waals surface area (Å²) < 4.78 is 10.2. The predicted molar refractivity (Wildman–Crippen MR) is 56.0 cm³/mol. The van der Waals surface area contributed by atoms with Gasteiger partial charge in [0, 0.05) is 5.02 Å². The molecule has 1 aromatic heterocycles. The molecular weight excluding hydrogens is 232 g/mol. The van der Waals surface area contributed by atoms with Crippen LogP contribution < -0.4 is 4.74 Å². The summed E-state index contributed by atoms with van der Waals surface area (Å²) in [6.45, 7) is -0.103. The van der Waals surface area contributed by atoms with E-state index >= 15 is 0 Å². The molecule has 0 aliphatic rings. The fourth-order valence-corrected chi connectivity index (χ4v) is 1.30. The topological polar surface area (TPSA) is 68.4 Å². The van der Waals surface area contributed by atoms with E-state index in [9.17, 15) is 0 Å². The molecule has 6 heteroatoms. The molecule has 0 amide bonds. The van der Waals surface area contributed by atoms with Gasteiger partial charge in [-0.2, -0.15) is 4.98 Å². The van der Waals surface area contributed by atoms with Crippen LogP contribution in [0.2, 0.25) is 5.02 Å². The summed E-state index contributed by atoms with van der Waals surface area (Å²) in [4.78, 5) is 3.88. The summed E-state index contributed by atoms with van der Waals surface area (Å²) >= 11 is 5.79. The molecule has 0 saturated heterocycles. The molecule has 0 saturated carbocycles. The van der Waals surface area contributed by atoms with E-state index in [1.165, 1.54) is 0 Å². The number of benzene rings is 1. The Labute approximate surface area is 96.6 Å². The van der Waals surface area contributed by atoms with Gasteiger partial charge in [-0.05, 0) is 18.2 Å². The lowest BCUT2D eigenvalue weighted by Gasteiger charge is -2.02. The van der Waals surface area contributed by atoms with Crippen molar-refractivity contribution >= 4 is 11.6 Å². The number of hydrogen-bond acceptors (Lipinski definition) is 5. The Morgan fingerprint density at radius 2 is 2.31 bits per heavy atom. The average molecular weight is 241 g/mol. The van der Waals surface area contributed by atoms with Crippen LogP contribution in [-0.2, 0) is 13.2 Å². The molecule has 0 aliphatic carbocycles. The first-order valence-electron chi connectivity index (χ1n) is 4.58. The molecule has 84 valence electrons. The number of rotatable bonds is 4. The van der Waals surface area contributed by atoms with Gasteiger partial charge in [0.1, 0.15) is 12.4 Å². The standard InChI is InChI=1S/C10H9ClN2O3/c11-7-2-1-3-8(4-7)15-6-10-12-9(5-14)13-16-10/h1-4,14H,5-6H2. The Morgan fingerprint density at radius 3 is 3.00 bits per heavy atom. The molecule has 1 N–H and O–H groups in total. The van der Waals surface area contributed by atoms with Crippen molar-refractivity contribution < 1.29 is 14.4 Å². The minimum absolute atomic E-state index is 0.146. The van der Waals surface area contributed by atoms with E-state index in [1.807, 2.05) is 0 Å². The number of nitrogens with zero attached hydrogens (tertiary/aromatic N) is 2. The van der Waals surface area contributed by atoms with Gasteiger partial charge in [-0.3, -0.25) is 0 Å². The van der Waals surface area contributed by atoms with Gasteiger partial charge in [0.2, 0.25) is 0 Å². The quantitative estimate of drug-likeness (QED) is 0.883. The normalized spacial score (nSPS) is 10.4. The van der Waals surface area contributed by atoms with Gasteiger partial charge in [0.25, 0.3) is 5.89 Å². The van der Waals surface area contributed by atoms with Crippen molar-refractivity contribution in [2.75, 3.05) is 0 Å². The zero-order valence-electron chi connectivity index (χ0n) is 8.26. The van der Waals surface area contributed by atoms with Crippen LogP contribution in [0.25, 0.3) is 0 Å². The highest BCUT2D eigenvalue weighted by Crippen LogP contribution is 2.17. The third kappa shape index (κ3) is 2.71. The highest BCUT2D eigenvalue weighted by molar-refractivity contribution is 6.30. The highest BCUT2D eigenvalue weighted by Gasteiger charge is 2.05. The maximum atomic E-state index is 8.73. The summed E-state index contributed by atoms with van der Waals surface area (Å²) in [6, 6.07) is 7.00. The number of aromatic nitrogens is 2. The zero-order valence-corrected chi connectivity index (χ0v) is 9.02. The van der Waals surface area contributed by atoms with Crippen LogP contribution in [0.4, 0.5) is 0 Å². The number of halogens is 1. The molecule has 0 radical (unpaired) electrons. The van der Waals surface area contributed by atoms with Crippen molar-refractivity contribution in [3.05, 3.63) is 41.0 Å². The van der Waals surface area contributed by atoms with Crippen molar-refractivity contribution in [3.63, 3.8) is 0 Å².